The first-order valence-electron chi connectivity index (χ1n) is 15.9. The normalized spacial score (nSPS) is 14.0. The van der Waals surface area contributed by atoms with Gasteiger partial charge in [-0.05, 0) is 51.1 Å². The molecule has 0 aromatic heterocycles. The number of hydrogen-bond donors (Lipinski definition) is 6. The fourth-order valence-electron chi connectivity index (χ4n) is 4.29. The third-order valence-corrected chi connectivity index (χ3v) is 6.59. The van der Waals surface area contributed by atoms with E-state index >= 15 is 0 Å². The van der Waals surface area contributed by atoms with Crippen LogP contribution in [0.3, 0.4) is 0 Å². The first kappa shape index (κ1) is 40.9. The highest BCUT2D eigenvalue weighted by Gasteiger charge is 2.21. The molecule has 2 atom stereocenters. The average molecular weight is 607 g/mol. The predicted molar refractivity (Wildman–Crippen MR) is 168 cm³/mol. The summed E-state index contributed by atoms with van der Waals surface area (Å²) in [5, 5.41) is 40.2. The van der Waals surface area contributed by atoms with Crippen molar-refractivity contribution in [1.29, 1.82) is 0 Å². The smallest absolute Gasteiger partial charge is 0.0903 e. The monoisotopic (exact) mass is 606 g/mol. The number of nitrogens with one attached hydrogen (secondary N) is 1. The number of aliphatic hydroxyl groups is 4. The van der Waals surface area contributed by atoms with Crippen LogP contribution in [-0.2, 0) is 18.9 Å². The van der Waals surface area contributed by atoms with Crippen LogP contribution in [-0.4, -0.2) is 143 Å². The molecule has 2 unspecified atom stereocenters. The maximum atomic E-state index is 9.18. The van der Waals surface area contributed by atoms with Crippen LogP contribution >= 0.6 is 0 Å². The molecule has 0 rings (SSSR count). The van der Waals surface area contributed by atoms with Crippen LogP contribution < -0.4 is 11.1 Å². The zero-order valence-electron chi connectivity index (χ0n) is 26.2. The number of nitrogens with two attached hydrogens (primary N) is 1. The number of aliphatic imine (C=N–C) groups is 2. The molecule has 0 amide bonds. The van der Waals surface area contributed by atoms with Crippen LogP contribution in [0.1, 0.15) is 64.7 Å². The van der Waals surface area contributed by atoms with Gasteiger partial charge in [0.05, 0.1) is 90.7 Å². The highest BCUT2D eigenvalue weighted by atomic mass is 16.5. The molecule has 0 aromatic carbocycles. The number of hydrogen-bond acceptors (Lipinski definition) is 12. The van der Waals surface area contributed by atoms with Crippen molar-refractivity contribution in [2.24, 2.45) is 21.6 Å². The summed E-state index contributed by atoms with van der Waals surface area (Å²) >= 11 is 0. The van der Waals surface area contributed by atoms with E-state index in [1.165, 1.54) is 19.3 Å². The molecule has 0 aliphatic rings. The molecule has 0 heterocycles. The first-order chi connectivity index (χ1) is 20.7. The molecular formula is C30H62N4O8. The Bertz CT molecular complexity index is 628. The van der Waals surface area contributed by atoms with Crippen LogP contribution in [0.5, 0.6) is 0 Å². The Morgan fingerprint density at radius 2 is 1.21 bits per heavy atom. The second-order valence-corrected chi connectivity index (χ2v) is 10.2. The maximum absolute atomic E-state index is 9.18. The van der Waals surface area contributed by atoms with Gasteiger partial charge in [0.15, 0.2) is 0 Å². The van der Waals surface area contributed by atoms with Crippen LogP contribution in [0.25, 0.3) is 0 Å². The second kappa shape index (κ2) is 32.8. The first-order valence-corrected chi connectivity index (χ1v) is 15.9. The largest absolute Gasteiger partial charge is 0.394 e. The Labute approximate surface area is 254 Å². The standard InChI is InChI=1S/C30H62N4O8/c1-2-3-4-5-10-27(23-39-19-15-35)28(24-40-20-16-36)32-13-8-9-14-34-30(26-42-22-18-38)29(25-41-21-17-37)33-12-7-6-11-31/h27-28,32,35-38H,2-26,31H2,1H3. The van der Waals surface area contributed by atoms with E-state index in [0.717, 1.165) is 45.1 Å². The van der Waals surface area contributed by atoms with E-state index in [-0.39, 0.29) is 64.8 Å². The van der Waals surface area contributed by atoms with E-state index in [1.54, 1.807) is 0 Å². The lowest BCUT2D eigenvalue weighted by Crippen LogP contribution is -2.43. The summed E-state index contributed by atoms with van der Waals surface area (Å²) < 4.78 is 22.5. The van der Waals surface area contributed by atoms with Gasteiger partial charge in [0.1, 0.15) is 0 Å². The molecule has 12 nitrogen and oxygen atoms in total. The van der Waals surface area contributed by atoms with E-state index in [9.17, 15) is 5.11 Å². The minimum atomic E-state index is -0.0727. The highest BCUT2D eigenvalue weighted by molar-refractivity contribution is 6.43. The molecule has 42 heavy (non-hydrogen) atoms. The SMILES string of the molecule is CCCCCCC(COCCO)C(COCCO)NCCCCN=C(COCCO)C(COCCO)=NCCCCN. The quantitative estimate of drug-likeness (QED) is 0.0465. The van der Waals surface area contributed by atoms with Gasteiger partial charge in [0.25, 0.3) is 0 Å². The molecule has 7 N–H and O–H groups in total. The second-order valence-electron chi connectivity index (χ2n) is 10.2. The fraction of sp³-hybridized carbons (Fsp3) is 0.933. The van der Waals surface area contributed by atoms with Gasteiger partial charge < -0.3 is 50.4 Å². The van der Waals surface area contributed by atoms with Crippen LogP contribution in [0.2, 0.25) is 0 Å². The number of aliphatic hydroxyl groups excluding tert-OH is 4. The molecule has 0 spiro atoms. The fourth-order valence-corrected chi connectivity index (χ4v) is 4.29. The van der Waals surface area contributed by atoms with Gasteiger partial charge in [-0.25, -0.2) is 0 Å². The van der Waals surface area contributed by atoms with Crippen molar-refractivity contribution in [3.63, 3.8) is 0 Å². The van der Waals surface area contributed by atoms with Gasteiger partial charge in [-0.3, -0.25) is 9.98 Å². The molecular weight excluding hydrogens is 544 g/mol. The van der Waals surface area contributed by atoms with Crippen molar-refractivity contribution in [2.75, 3.05) is 105 Å². The van der Waals surface area contributed by atoms with Gasteiger partial charge in [-0.1, -0.05) is 32.6 Å². The molecule has 0 bridgehead atoms. The van der Waals surface area contributed by atoms with E-state index in [1.807, 2.05) is 0 Å². The third kappa shape index (κ3) is 24.4. The molecule has 0 aliphatic carbocycles. The van der Waals surface area contributed by atoms with Gasteiger partial charge in [0, 0.05) is 19.1 Å². The lowest BCUT2D eigenvalue weighted by Gasteiger charge is -2.28. The molecule has 250 valence electrons. The Balaban J connectivity index is 5.18. The van der Waals surface area contributed by atoms with Crippen molar-refractivity contribution in [1.82, 2.24) is 5.32 Å². The number of nitrogens with zero attached hydrogens (tertiary/aromatic N) is 2. The minimum absolute atomic E-state index is 0.00287. The van der Waals surface area contributed by atoms with Crippen molar-refractivity contribution < 1.29 is 39.4 Å². The average Bonchev–Trinajstić information content (AvgIpc) is 3.00. The van der Waals surface area contributed by atoms with Gasteiger partial charge >= 0.3 is 0 Å². The van der Waals surface area contributed by atoms with E-state index in [4.69, 9.17) is 45.0 Å². The Kier molecular flexibility index (Phi) is 32.0. The number of ether oxygens (including phenoxy) is 4. The summed E-state index contributed by atoms with van der Waals surface area (Å²) in [5.74, 6) is 0.248. The molecule has 0 aromatic rings. The van der Waals surface area contributed by atoms with Crippen molar-refractivity contribution in [3.05, 3.63) is 0 Å². The Morgan fingerprint density at radius 3 is 1.76 bits per heavy atom. The van der Waals surface area contributed by atoms with Crippen molar-refractivity contribution >= 4 is 11.4 Å². The zero-order chi connectivity index (χ0) is 30.9. The summed E-state index contributed by atoms with van der Waals surface area (Å²) in [6.45, 7) is 7.20. The summed E-state index contributed by atoms with van der Waals surface area (Å²) in [7, 11) is 0. The van der Waals surface area contributed by atoms with Gasteiger partial charge in [-0.15, -0.1) is 0 Å². The number of unbranched alkanes of at least 4 members (excludes halogenated alkanes) is 5. The molecule has 0 fully saturated rings. The van der Waals surface area contributed by atoms with Crippen molar-refractivity contribution in [2.45, 2.75) is 70.8 Å². The molecule has 0 saturated heterocycles. The van der Waals surface area contributed by atoms with Crippen LogP contribution in [0.15, 0.2) is 9.98 Å². The summed E-state index contributed by atoms with van der Waals surface area (Å²) in [6.07, 6.45) is 9.20. The molecule has 0 saturated carbocycles. The Hall–Kier alpha value is -1.06. The third-order valence-electron chi connectivity index (χ3n) is 6.59. The Morgan fingerprint density at radius 1 is 0.667 bits per heavy atom. The van der Waals surface area contributed by atoms with Crippen molar-refractivity contribution in [3.8, 4) is 0 Å². The number of rotatable bonds is 33. The molecule has 0 aliphatic heterocycles. The van der Waals surface area contributed by atoms with E-state index < -0.39 is 0 Å². The van der Waals surface area contributed by atoms with Crippen LogP contribution in [0.4, 0.5) is 0 Å². The topological polar surface area (TPSA) is 181 Å². The zero-order valence-corrected chi connectivity index (χ0v) is 26.2. The maximum Gasteiger partial charge on any atom is 0.0903 e. The highest BCUT2D eigenvalue weighted by Crippen LogP contribution is 2.17. The van der Waals surface area contributed by atoms with E-state index in [2.05, 4.69) is 17.2 Å². The lowest BCUT2D eigenvalue weighted by atomic mass is 9.94. The summed E-state index contributed by atoms with van der Waals surface area (Å²) in [5.41, 5.74) is 7.01. The summed E-state index contributed by atoms with van der Waals surface area (Å²) in [4.78, 5) is 9.46. The minimum Gasteiger partial charge on any atom is -0.394 e. The molecule has 0 radical (unpaired) electrons. The molecule has 12 heteroatoms. The lowest BCUT2D eigenvalue weighted by molar-refractivity contribution is 0.0235. The predicted octanol–water partition coefficient (Wildman–Crippen LogP) is 0.968. The van der Waals surface area contributed by atoms with Crippen LogP contribution in [0, 0.1) is 5.92 Å². The summed E-state index contributed by atoms with van der Waals surface area (Å²) in [6, 6.07) is 0.0822. The van der Waals surface area contributed by atoms with Gasteiger partial charge in [0.2, 0.25) is 0 Å². The van der Waals surface area contributed by atoms with E-state index in [0.29, 0.717) is 57.5 Å². The van der Waals surface area contributed by atoms with Gasteiger partial charge in [-0.2, -0.15) is 0 Å².